The summed E-state index contributed by atoms with van der Waals surface area (Å²) in [5.74, 6) is -0.283. The highest BCUT2D eigenvalue weighted by Gasteiger charge is 2.25. The van der Waals surface area contributed by atoms with Crippen LogP contribution in [0.25, 0.3) is 0 Å². The Morgan fingerprint density at radius 3 is 2.24 bits per heavy atom. The molecule has 21 heavy (non-hydrogen) atoms. The van der Waals surface area contributed by atoms with Gasteiger partial charge in [-0.05, 0) is 24.0 Å². The highest BCUT2D eigenvalue weighted by atomic mass is 16.6. The normalized spacial score (nSPS) is 10.4. The van der Waals surface area contributed by atoms with Gasteiger partial charge >= 0.3 is 0 Å². The van der Waals surface area contributed by atoms with Crippen molar-refractivity contribution in [2.75, 3.05) is 0 Å². The van der Waals surface area contributed by atoms with E-state index in [0.717, 1.165) is 17.5 Å². The maximum atomic E-state index is 12.7. The van der Waals surface area contributed by atoms with Crippen molar-refractivity contribution < 1.29 is 9.72 Å². The minimum Gasteiger partial charge on any atom is -0.288 e. The first kappa shape index (κ1) is 14.9. The maximum Gasteiger partial charge on any atom is 0.280 e. The molecule has 0 amide bonds. The molecule has 0 aromatic heterocycles. The number of benzene rings is 2. The molecule has 0 saturated carbocycles. The van der Waals surface area contributed by atoms with Crippen LogP contribution in [0.1, 0.15) is 40.9 Å². The van der Waals surface area contributed by atoms with Gasteiger partial charge in [0.05, 0.1) is 4.92 Å². The van der Waals surface area contributed by atoms with E-state index in [0.29, 0.717) is 12.0 Å². The Kier molecular flexibility index (Phi) is 4.48. The molecular weight excluding hydrogens is 266 g/mol. The second-order valence-electron chi connectivity index (χ2n) is 4.76. The molecule has 0 N–H and O–H groups in total. The van der Waals surface area contributed by atoms with Gasteiger partial charge in [-0.2, -0.15) is 0 Å². The number of ketones is 1. The molecule has 0 fully saturated rings. The number of aryl methyl sites for hydroxylation is 1. The Labute approximate surface area is 123 Å². The quantitative estimate of drug-likeness (QED) is 0.474. The first-order valence-corrected chi connectivity index (χ1v) is 6.99. The van der Waals surface area contributed by atoms with Crippen LogP contribution in [0.3, 0.4) is 0 Å². The van der Waals surface area contributed by atoms with Gasteiger partial charge in [0.2, 0.25) is 0 Å². The van der Waals surface area contributed by atoms with Crippen molar-refractivity contribution in [3.63, 3.8) is 0 Å². The van der Waals surface area contributed by atoms with Gasteiger partial charge in [0.15, 0.2) is 5.78 Å². The fourth-order valence-electron chi connectivity index (χ4n) is 2.55. The summed E-state index contributed by atoms with van der Waals surface area (Å²) in [7, 11) is 0. The van der Waals surface area contributed by atoms with Crippen LogP contribution in [0.4, 0.5) is 5.69 Å². The molecule has 0 aliphatic heterocycles. The largest absolute Gasteiger partial charge is 0.288 e. The smallest absolute Gasteiger partial charge is 0.280 e. The zero-order chi connectivity index (χ0) is 15.4. The van der Waals surface area contributed by atoms with Crippen molar-refractivity contribution in [2.24, 2.45) is 0 Å². The van der Waals surface area contributed by atoms with Crippen molar-refractivity contribution in [1.29, 1.82) is 0 Å². The average molecular weight is 283 g/mol. The van der Waals surface area contributed by atoms with E-state index in [9.17, 15) is 14.9 Å². The first-order valence-electron chi connectivity index (χ1n) is 6.99. The lowest BCUT2D eigenvalue weighted by Crippen LogP contribution is -2.11. The van der Waals surface area contributed by atoms with Crippen LogP contribution >= 0.6 is 0 Å². The highest BCUT2D eigenvalue weighted by Crippen LogP contribution is 2.29. The third-order valence-corrected chi connectivity index (χ3v) is 3.58. The Hall–Kier alpha value is -2.49. The molecule has 0 atom stereocenters. The van der Waals surface area contributed by atoms with Crippen molar-refractivity contribution >= 4 is 11.5 Å². The number of carbonyl (C=O) groups excluding carboxylic acids is 1. The topological polar surface area (TPSA) is 60.2 Å². The third-order valence-electron chi connectivity index (χ3n) is 3.58. The van der Waals surface area contributed by atoms with Crippen molar-refractivity contribution in [2.45, 2.75) is 26.7 Å². The summed E-state index contributed by atoms with van der Waals surface area (Å²) in [5, 5.41) is 11.3. The van der Waals surface area contributed by atoms with E-state index in [-0.39, 0.29) is 17.0 Å². The molecular formula is C17H17NO3. The Balaban J connectivity index is 2.70. The van der Waals surface area contributed by atoms with E-state index in [4.69, 9.17) is 0 Å². The van der Waals surface area contributed by atoms with Crippen LogP contribution < -0.4 is 0 Å². The van der Waals surface area contributed by atoms with Gasteiger partial charge in [-0.25, -0.2) is 0 Å². The Bertz CT molecular complexity index is 678. The number of hydrogen-bond acceptors (Lipinski definition) is 3. The molecule has 0 bridgehead atoms. The number of hydrogen-bond donors (Lipinski definition) is 0. The van der Waals surface area contributed by atoms with Crippen LogP contribution in [0.15, 0.2) is 42.5 Å². The van der Waals surface area contributed by atoms with E-state index < -0.39 is 4.92 Å². The summed E-state index contributed by atoms with van der Waals surface area (Å²) in [6.45, 7) is 3.90. The van der Waals surface area contributed by atoms with Gasteiger partial charge in [0, 0.05) is 11.6 Å². The van der Waals surface area contributed by atoms with Gasteiger partial charge in [0.25, 0.3) is 5.69 Å². The lowest BCUT2D eigenvalue weighted by atomic mass is 9.90. The number of nitro benzene ring substituents is 1. The number of nitro groups is 1. The molecule has 2 aromatic rings. The summed E-state index contributed by atoms with van der Waals surface area (Å²) in [6.07, 6.45) is 1.34. The predicted octanol–water partition coefficient (Wildman–Crippen LogP) is 3.95. The van der Waals surface area contributed by atoms with Crippen LogP contribution in [0, 0.1) is 10.1 Å². The second kappa shape index (κ2) is 6.31. The minimum atomic E-state index is -0.477. The molecule has 4 heteroatoms. The van der Waals surface area contributed by atoms with Crippen molar-refractivity contribution in [3.05, 3.63) is 74.8 Å². The van der Waals surface area contributed by atoms with Gasteiger partial charge in [-0.15, -0.1) is 0 Å². The van der Waals surface area contributed by atoms with E-state index in [1.807, 2.05) is 19.9 Å². The Morgan fingerprint density at radius 2 is 1.71 bits per heavy atom. The predicted molar refractivity (Wildman–Crippen MR) is 81.7 cm³/mol. The van der Waals surface area contributed by atoms with Crippen LogP contribution in [0.2, 0.25) is 0 Å². The molecule has 0 spiro atoms. The molecule has 0 radical (unpaired) electrons. The number of nitrogens with zero attached hydrogens (tertiary/aromatic N) is 1. The summed E-state index contributed by atoms with van der Waals surface area (Å²) in [5.41, 5.74) is 2.36. The standard InChI is InChI=1S/C17H17NO3/c1-3-12-10-11-15(18(20)21)16(14(12)4-2)17(19)13-8-6-5-7-9-13/h5-11H,3-4H2,1-2H3. The van der Waals surface area contributed by atoms with Crippen LogP contribution in [-0.4, -0.2) is 10.7 Å². The molecule has 0 aliphatic rings. The van der Waals surface area contributed by atoms with Crippen molar-refractivity contribution in [1.82, 2.24) is 0 Å². The lowest BCUT2D eigenvalue weighted by molar-refractivity contribution is -0.385. The molecule has 0 aliphatic carbocycles. The molecule has 0 unspecified atom stereocenters. The monoisotopic (exact) mass is 283 g/mol. The van der Waals surface area contributed by atoms with Gasteiger partial charge in [0.1, 0.15) is 5.56 Å². The van der Waals surface area contributed by atoms with Gasteiger partial charge in [-0.1, -0.05) is 50.2 Å². The lowest BCUT2D eigenvalue weighted by Gasteiger charge is -2.12. The zero-order valence-electron chi connectivity index (χ0n) is 12.1. The summed E-state index contributed by atoms with van der Waals surface area (Å²) >= 11 is 0. The number of rotatable bonds is 5. The second-order valence-corrected chi connectivity index (χ2v) is 4.76. The van der Waals surface area contributed by atoms with Crippen LogP contribution in [0.5, 0.6) is 0 Å². The van der Waals surface area contributed by atoms with E-state index in [2.05, 4.69) is 0 Å². The summed E-state index contributed by atoms with van der Waals surface area (Å²) < 4.78 is 0. The highest BCUT2D eigenvalue weighted by molar-refractivity contribution is 6.12. The zero-order valence-corrected chi connectivity index (χ0v) is 12.1. The van der Waals surface area contributed by atoms with Crippen molar-refractivity contribution in [3.8, 4) is 0 Å². The molecule has 0 saturated heterocycles. The molecule has 0 heterocycles. The minimum absolute atomic E-state index is 0.113. The molecule has 2 rings (SSSR count). The van der Waals surface area contributed by atoms with E-state index in [1.54, 1.807) is 30.3 Å². The fourth-order valence-corrected chi connectivity index (χ4v) is 2.55. The first-order chi connectivity index (χ1) is 10.1. The molecule has 108 valence electrons. The van der Waals surface area contributed by atoms with E-state index in [1.165, 1.54) is 6.07 Å². The maximum absolute atomic E-state index is 12.7. The fraction of sp³-hybridized carbons (Fsp3) is 0.235. The summed E-state index contributed by atoms with van der Waals surface area (Å²) in [4.78, 5) is 23.5. The van der Waals surface area contributed by atoms with E-state index >= 15 is 0 Å². The van der Waals surface area contributed by atoms with Gasteiger partial charge in [-0.3, -0.25) is 14.9 Å². The Morgan fingerprint density at radius 1 is 1.05 bits per heavy atom. The molecule has 2 aromatic carbocycles. The number of carbonyl (C=O) groups is 1. The van der Waals surface area contributed by atoms with Crippen LogP contribution in [-0.2, 0) is 12.8 Å². The molecule has 4 nitrogen and oxygen atoms in total. The average Bonchev–Trinajstić information content (AvgIpc) is 2.53. The summed E-state index contributed by atoms with van der Waals surface area (Å²) in [6, 6.07) is 11.9. The van der Waals surface area contributed by atoms with Gasteiger partial charge < -0.3 is 0 Å². The third kappa shape index (κ3) is 2.84. The SMILES string of the molecule is CCc1ccc([N+](=O)[O-])c(C(=O)c2ccccc2)c1CC.